The van der Waals surface area contributed by atoms with Gasteiger partial charge in [0.2, 0.25) is 0 Å². The molecule has 0 saturated carbocycles. The molecule has 2 amide bonds. The van der Waals surface area contributed by atoms with Crippen molar-refractivity contribution in [3.8, 4) is 5.75 Å². The normalized spacial score (nSPS) is 11.4. The molecule has 3 aromatic carbocycles. The number of nitrogens with one attached hydrogen (secondary N) is 3. The standard InChI is InChI=1S/C26H24F3N3O2/c1-2-17-5-9-20(10-6-17)31-25(33)32-24-16-30-23-12-11-21(15-22(23)24)34-14-13-18-3-7-19(8-4-18)26(27,28)29/h3-12,15-16,30H,2,13-14H2,1H3,(H2,31,32,33). The molecule has 4 rings (SSSR count). The number of anilines is 2. The fraction of sp³-hybridized carbons (Fsp3) is 0.192. The molecule has 0 unspecified atom stereocenters. The lowest BCUT2D eigenvalue weighted by Crippen LogP contribution is -2.19. The van der Waals surface area contributed by atoms with Crippen LogP contribution in [0.3, 0.4) is 0 Å². The summed E-state index contributed by atoms with van der Waals surface area (Å²) in [6.45, 7) is 2.37. The van der Waals surface area contributed by atoms with Crippen LogP contribution in [0.1, 0.15) is 23.6 Å². The Balaban J connectivity index is 1.36. The van der Waals surface area contributed by atoms with Gasteiger partial charge in [-0.1, -0.05) is 31.2 Å². The molecule has 5 nitrogen and oxygen atoms in total. The second kappa shape index (κ2) is 9.91. The van der Waals surface area contributed by atoms with Crippen molar-refractivity contribution < 1.29 is 22.7 Å². The molecule has 0 aliphatic heterocycles. The number of urea groups is 1. The third kappa shape index (κ3) is 5.70. The van der Waals surface area contributed by atoms with Crippen LogP contribution >= 0.6 is 0 Å². The van der Waals surface area contributed by atoms with E-state index in [-0.39, 0.29) is 6.03 Å². The van der Waals surface area contributed by atoms with Gasteiger partial charge in [0.15, 0.2) is 0 Å². The molecule has 0 fully saturated rings. The maximum Gasteiger partial charge on any atom is 0.416 e. The van der Waals surface area contributed by atoms with E-state index in [4.69, 9.17) is 4.74 Å². The van der Waals surface area contributed by atoms with Gasteiger partial charge in [0.1, 0.15) is 5.75 Å². The highest BCUT2D eigenvalue weighted by Crippen LogP contribution is 2.30. The van der Waals surface area contributed by atoms with Crippen molar-refractivity contribution in [1.82, 2.24) is 4.98 Å². The maximum atomic E-state index is 12.7. The molecule has 0 radical (unpaired) electrons. The second-order valence-corrected chi connectivity index (χ2v) is 7.83. The van der Waals surface area contributed by atoms with Crippen LogP contribution in [0.2, 0.25) is 0 Å². The van der Waals surface area contributed by atoms with Gasteiger partial charge in [-0.15, -0.1) is 0 Å². The Bertz CT molecular complexity index is 1260. The van der Waals surface area contributed by atoms with Gasteiger partial charge < -0.3 is 20.4 Å². The Morgan fingerprint density at radius 2 is 1.65 bits per heavy atom. The van der Waals surface area contributed by atoms with Gasteiger partial charge in [0.05, 0.1) is 17.9 Å². The van der Waals surface area contributed by atoms with E-state index in [0.29, 0.717) is 30.2 Å². The predicted octanol–water partition coefficient (Wildman–Crippen LogP) is 7.01. The number of aryl methyl sites for hydroxylation is 1. The summed E-state index contributed by atoms with van der Waals surface area (Å²) in [7, 11) is 0. The number of hydrogen-bond acceptors (Lipinski definition) is 2. The molecule has 8 heteroatoms. The fourth-order valence-corrected chi connectivity index (χ4v) is 3.55. The number of H-pyrrole nitrogens is 1. The summed E-state index contributed by atoms with van der Waals surface area (Å²) >= 11 is 0. The SMILES string of the molecule is CCc1ccc(NC(=O)Nc2c[nH]c3ccc(OCCc4ccc(C(F)(F)F)cc4)cc23)cc1. The first-order valence-corrected chi connectivity index (χ1v) is 10.9. The minimum absolute atomic E-state index is 0.304. The Hall–Kier alpha value is -3.94. The van der Waals surface area contributed by atoms with E-state index < -0.39 is 11.7 Å². The topological polar surface area (TPSA) is 66.2 Å². The van der Waals surface area contributed by atoms with E-state index in [1.165, 1.54) is 17.7 Å². The van der Waals surface area contributed by atoms with E-state index in [2.05, 4.69) is 22.5 Å². The Morgan fingerprint density at radius 3 is 2.32 bits per heavy atom. The molecule has 0 bridgehead atoms. The van der Waals surface area contributed by atoms with Gasteiger partial charge in [0.25, 0.3) is 0 Å². The average molecular weight is 467 g/mol. The zero-order valence-corrected chi connectivity index (χ0v) is 18.5. The van der Waals surface area contributed by atoms with Crippen LogP contribution in [-0.2, 0) is 19.0 Å². The van der Waals surface area contributed by atoms with Crippen LogP contribution in [0, 0.1) is 0 Å². The monoisotopic (exact) mass is 467 g/mol. The second-order valence-electron chi connectivity index (χ2n) is 7.83. The van der Waals surface area contributed by atoms with Gasteiger partial charge in [-0.3, -0.25) is 0 Å². The summed E-state index contributed by atoms with van der Waals surface area (Å²) in [5, 5.41) is 6.43. The number of ether oxygens (including phenoxy) is 1. The maximum absolute atomic E-state index is 12.7. The van der Waals surface area contributed by atoms with E-state index in [9.17, 15) is 18.0 Å². The van der Waals surface area contributed by atoms with E-state index in [1.54, 1.807) is 12.3 Å². The van der Waals surface area contributed by atoms with Crippen molar-refractivity contribution in [1.29, 1.82) is 0 Å². The number of carbonyl (C=O) groups is 1. The molecule has 0 saturated heterocycles. The highest BCUT2D eigenvalue weighted by Gasteiger charge is 2.29. The molecule has 0 spiro atoms. The van der Waals surface area contributed by atoms with Crippen LogP contribution in [-0.4, -0.2) is 17.6 Å². The number of carbonyl (C=O) groups excluding carboxylic acids is 1. The average Bonchev–Trinajstić information content (AvgIpc) is 3.21. The van der Waals surface area contributed by atoms with Gasteiger partial charge in [-0.25, -0.2) is 4.79 Å². The van der Waals surface area contributed by atoms with Crippen molar-refractivity contribution in [2.75, 3.05) is 17.2 Å². The number of fused-ring (bicyclic) bond motifs is 1. The lowest BCUT2D eigenvalue weighted by Gasteiger charge is -2.10. The molecule has 3 N–H and O–H groups in total. The van der Waals surface area contributed by atoms with Crippen LogP contribution in [0.25, 0.3) is 10.9 Å². The smallest absolute Gasteiger partial charge is 0.416 e. The summed E-state index contributed by atoms with van der Waals surface area (Å²) in [4.78, 5) is 15.5. The summed E-state index contributed by atoms with van der Waals surface area (Å²) in [6, 6.07) is 17.8. The van der Waals surface area contributed by atoms with Crippen molar-refractivity contribution in [3.05, 3.63) is 89.6 Å². The lowest BCUT2D eigenvalue weighted by molar-refractivity contribution is -0.137. The minimum atomic E-state index is -4.34. The van der Waals surface area contributed by atoms with Crippen LogP contribution in [0.4, 0.5) is 29.3 Å². The zero-order chi connectivity index (χ0) is 24.1. The summed E-state index contributed by atoms with van der Waals surface area (Å²) < 4.78 is 43.9. The van der Waals surface area contributed by atoms with E-state index in [1.807, 2.05) is 36.4 Å². The Kier molecular flexibility index (Phi) is 6.77. The fourth-order valence-electron chi connectivity index (χ4n) is 3.55. The van der Waals surface area contributed by atoms with E-state index in [0.717, 1.165) is 35.0 Å². The molecular weight excluding hydrogens is 443 g/mol. The molecule has 0 aliphatic rings. The number of benzene rings is 3. The van der Waals surface area contributed by atoms with Crippen molar-refractivity contribution >= 4 is 28.3 Å². The Labute approximate surface area is 194 Å². The third-order valence-electron chi connectivity index (χ3n) is 5.46. The third-order valence-corrected chi connectivity index (χ3v) is 5.46. The van der Waals surface area contributed by atoms with Gasteiger partial charge in [-0.2, -0.15) is 13.2 Å². The molecular formula is C26H24F3N3O2. The number of aromatic amines is 1. The summed E-state index contributed by atoms with van der Waals surface area (Å²) in [6.07, 6.45) is -1.25. The number of hydrogen-bond donors (Lipinski definition) is 3. The molecule has 0 aliphatic carbocycles. The number of alkyl halides is 3. The summed E-state index contributed by atoms with van der Waals surface area (Å²) in [5.74, 6) is 0.595. The first kappa shape index (κ1) is 23.2. The van der Waals surface area contributed by atoms with Gasteiger partial charge in [0, 0.05) is 29.2 Å². The molecule has 176 valence electrons. The summed E-state index contributed by atoms with van der Waals surface area (Å²) in [5.41, 5.74) is 3.40. The lowest BCUT2D eigenvalue weighted by atomic mass is 10.1. The molecule has 1 aromatic heterocycles. The molecule has 34 heavy (non-hydrogen) atoms. The first-order valence-electron chi connectivity index (χ1n) is 10.9. The number of aromatic nitrogens is 1. The highest BCUT2D eigenvalue weighted by molar-refractivity contribution is 6.06. The minimum Gasteiger partial charge on any atom is -0.493 e. The Morgan fingerprint density at radius 1 is 0.941 bits per heavy atom. The van der Waals surface area contributed by atoms with Crippen molar-refractivity contribution in [2.24, 2.45) is 0 Å². The predicted molar refractivity (Wildman–Crippen MR) is 127 cm³/mol. The van der Waals surface area contributed by atoms with Crippen LogP contribution in [0.5, 0.6) is 5.75 Å². The molecule has 4 aromatic rings. The van der Waals surface area contributed by atoms with Crippen LogP contribution < -0.4 is 15.4 Å². The van der Waals surface area contributed by atoms with Crippen molar-refractivity contribution in [2.45, 2.75) is 25.9 Å². The number of halogens is 3. The van der Waals surface area contributed by atoms with Crippen LogP contribution in [0.15, 0.2) is 72.9 Å². The van der Waals surface area contributed by atoms with Crippen molar-refractivity contribution in [3.63, 3.8) is 0 Å². The quantitative estimate of drug-likeness (QED) is 0.274. The molecule has 1 heterocycles. The number of rotatable bonds is 7. The first-order chi connectivity index (χ1) is 16.3. The zero-order valence-electron chi connectivity index (χ0n) is 18.5. The van der Waals surface area contributed by atoms with Gasteiger partial charge >= 0.3 is 12.2 Å². The highest BCUT2D eigenvalue weighted by atomic mass is 19.4. The van der Waals surface area contributed by atoms with E-state index >= 15 is 0 Å². The van der Waals surface area contributed by atoms with Gasteiger partial charge in [-0.05, 0) is 60.0 Å². The molecule has 0 atom stereocenters. The largest absolute Gasteiger partial charge is 0.493 e. The number of amides is 2.